The van der Waals surface area contributed by atoms with E-state index in [4.69, 9.17) is 21.1 Å². The van der Waals surface area contributed by atoms with Gasteiger partial charge in [-0.05, 0) is 49.4 Å². The molecule has 0 radical (unpaired) electrons. The molecule has 1 aromatic rings. The van der Waals surface area contributed by atoms with Crippen LogP contribution in [0.2, 0.25) is 5.02 Å². The number of hydrogen-bond acceptors (Lipinski definition) is 3. The van der Waals surface area contributed by atoms with E-state index in [1.165, 1.54) is 24.8 Å². The Morgan fingerprint density at radius 3 is 2.62 bits per heavy atom. The Hall–Kier alpha value is -0.930. The van der Waals surface area contributed by atoms with Crippen molar-refractivity contribution in [3.8, 4) is 11.5 Å². The number of hydrogen-bond donors (Lipinski definition) is 1. The van der Waals surface area contributed by atoms with Crippen molar-refractivity contribution in [2.75, 3.05) is 20.8 Å². The van der Waals surface area contributed by atoms with Crippen molar-refractivity contribution in [2.24, 2.45) is 5.92 Å². The maximum atomic E-state index is 6.33. The fourth-order valence-corrected chi connectivity index (χ4v) is 2.95. The van der Waals surface area contributed by atoms with E-state index in [2.05, 4.69) is 12.2 Å². The van der Waals surface area contributed by atoms with Crippen LogP contribution in [0.4, 0.5) is 0 Å². The second-order valence-corrected chi connectivity index (χ2v) is 6.17. The molecule has 0 aliphatic heterocycles. The fraction of sp³-hybridized carbons (Fsp3) is 0.647. The average molecular weight is 312 g/mol. The van der Waals surface area contributed by atoms with Crippen molar-refractivity contribution in [3.05, 3.63) is 22.7 Å². The van der Waals surface area contributed by atoms with Gasteiger partial charge in [-0.25, -0.2) is 0 Å². The van der Waals surface area contributed by atoms with Gasteiger partial charge in [-0.1, -0.05) is 31.4 Å². The van der Waals surface area contributed by atoms with Gasteiger partial charge >= 0.3 is 0 Å². The van der Waals surface area contributed by atoms with Crippen molar-refractivity contribution in [2.45, 2.75) is 45.1 Å². The van der Waals surface area contributed by atoms with Crippen LogP contribution in [0.5, 0.6) is 11.5 Å². The third kappa shape index (κ3) is 4.52. The van der Waals surface area contributed by atoms with Crippen LogP contribution >= 0.6 is 11.6 Å². The van der Waals surface area contributed by atoms with Gasteiger partial charge in [0.1, 0.15) is 0 Å². The molecule has 0 saturated heterocycles. The van der Waals surface area contributed by atoms with E-state index in [0.717, 1.165) is 25.3 Å². The largest absolute Gasteiger partial charge is 0.493 e. The summed E-state index contributed by atoms with van der Waals surface area (Å²) in [6.07, 6.45) is 6.35. The second kappa shape index (κ2) is 7.90. The summed E-state index contributed by atoms with van der Waals surface area (Å²) in [5, 5.41) is 4.24. The summed E-state index contributed by atoms with van der Waals surface area (Å²) in [4.78, 5) is 0. The van der Waals surface area contributed by atoms with Gasteiger partial charge in [-0.3, -0.25) is 0 Å². The lowest BCUT2D eigenvalue weighted by Gasteiger charge is -2.21. The minimum absolute atomic E-state index is 0.336. The normalized spacial score (nSPS) is 15.8. The third-order valence-corrected chi connectivity index (χ3v) is 4.34. The van der Waals surface area contributed by atoms with Crippen LogP contribution in [0.25, 0.3) is 0 Å². The summed E-state index contributed by atoms with van der Waals surface area (Å²) in [5.41, 5.74) is 1.19. The molecule has 2 rings (SSSR count). The predicted octanol–water partition coefficient (Wildman–Crippen LogP) is 4.59. The number of rotatable bonds is 9. The monoisotopic (exact) mass is 311 g/mol. The summed E-state index contributed by atoms with van der Waals surface area (Å²) < 4.78 is 10.7. The lowest BCUT2D eigenvalue weighted by molar-refractivity contribution is 0.353. The fourth-order valence-electron chi connectivity index (χ4n) is 2.65. The van der Waals surface area contributed by atoms with E-state index in [1.807, 2.05) is 12.1 Å². The second-order valence-electron chi connectivity index (χ2n) is 5.77. The molecular weight excluding hydrogens is 286 g/mol. The van der Waals surface area contributed by atoms with Gasteiger partial charge < -0.3 is 14.8 Å². The lowest BCUT2D eigenvalue weighted by Crippen LogP contribution is -2.22. The number of benzene rings is 1. The average Bonchev–Trinajstić information content (AvgIpc) is 3.30. The molecule has 0 spiro atoms. The maximum Gasteiger partial charge on any atom is 0.179 e. The van der Waals surface area contributed by atoms with Crippen LogP contribution in [-0.2, 0) is 0 Å². The van der Waals surface area contributed by atoms with Gasteiger partial charge in [0.05, 0.1) is 19.2 Å². The molecule has 1 aromatic carbocycles. The SMILES string of the molecule is CCCNC(CCC1CC1)c1cc(Cl)c(OC)c(OC)c1. The minimum atomic E-state index is 0.336. The van der Waals surface area contributed by atoms with Crippen molar-refractivity contribution >= 4 is 11.6 Å². The first-order valence-electron chi connectivity index (χ1n) is 7.84. The van der Waals surface area contributed by atoms with Gasteiger partial charge in [0.2, 0.25) is 0 Å². The minimum Gasteiger partial charge on any atom is -0.493 e. The summed E-state index contributed by atoms with van der Waals surface area (Å²) in [6.45, 7) is 3.20. The Kier molecular flexibility index (Phi) is 6.19. The molecule has 0 heterocycles. The van der Waals surface area contributed by atoms with Crippen molar-refractivity contribution in [3.63, 3.8) is 0 Å². The molecule has 1 fully saturated rings. The lowest BCUT2D eigenvalue weighted by atomic mass is 9.99. The molecule has 3 nitrogen and oxygen atoms in total. The zero-order valence-electron chi connectivity index (χ0n) is 13.2. The molecular formula is C17H26ClNO2. The predicted molar refractivity (Wildman–Crippen MR) is 87.5 cm³/mol. The van der Waals surface area contributed by atoms with Crippen LogP contribution in [-0.4, -0.2) is 20.8 Å². The van der Waals surface area contributed by atoms with Gasteiger partial charge in [0, 0.05) is 6.04 Å². The first-order chi connectivity index (χ1) is 10.2. The van der Waals surface area contributed by atoms with Gasteiger partial charge in [-0.15, -0.1) is 0 Å². The highest BCUT2D eigenvalue weighted by Gasteiger charge is 2.24. The third-order valence-electron chi connectivity index (χ3n) is 4.06. The Bertz CT molecular complexity index is 460. The summed E-state index contributed by atoms with van der Waals surface area (Å²) >= 11 is 6.33. The molecule has 21 heavy (non-hydrogen) atoms. The molecule has 1 aliphatic rings. The van der Waals surface area contributed by atoms with Crippen molar-refractivity contribution < 1.29 is 9.47 Å². The van der Waals surface area contributed by atoms with Crippen LogP contribution < -0.4 is 14.8 Å². The van der Waals surface area contributed by atoms with Crippen molar-refractivity contribution in [1.82, 2.24) is 5.32 Å². The Balaban J connectivity index is 2.17. The van der Waals surface area contributed by atoms with E-state index in [-0.39, 0.29) is 0 Å². The van der Waals surface area contributed by atoms with E-state index in [1.54, 1.807) is 14.2 Å². The summed E-state index contributed by atoms with van der Waals surface area (Å²) in [5.74, 6) is 2.25. The van der Waals surface area contributed by atoms with E-state index in [0.29, 0.717) is 22.6 Å². The highest BCUT2D eigenvalue weighted by atomic mass is 35.5. The van der Waals surface area contributed by atoms with Gasteiger partial charge in [-0.2, -0.15) is 0 Å². The molecule has 1 saturated carbocycles. The molecule has 118 valence electrons. The molecule has 0 bridgehead atoms. The van der Waals surface area contributed by atoms with Crippen LogP contribution in [0.15, 0.2) is 12.1 Å². The number of halogens is 1. The molecule has 4 heteroatoms. The Morgan fingerprint density at radius 2 is 2.05 bits per heavy atom. The quantitative estimate of drug-likeness (QED) is 0.723. The molecule has 1 aliphatic carbocycles. The van der Waals surface area contributed by atoms with Gasteiger partial charge in [0.15, 0.2) is 11.5 Å². The zero-order valence-corrected chi connectivity index (χ0v) is 14.0. The number of ether oxygens (including phenoxy) is 2. The van der Waals surface area contributed by atoms with Gasteiger partial charge in [0.25, 0.3) is 0 Å². The summed E-state index contributed by atoms with van der Waals surface area (Å²) in [7, 11) is 3.26. The van der Waals surface area contributed by atoms with Crippen molar-refractivity contribution in [1.29, 1.82) is 0 Å². The molecule has 0 aromatic heterocycles. The van der Waals surface area contributed by atoms with E-state index < -0.39 is 0 Å². The molecule has 0 amide bonds. The van der Waals surface area contributed by atoms with Crippen LogP contribution in [0, 0.1) is 5.92 Å². The van der Waals surface area contributed by atoms with Crippen LogP contribution in [0.1, 0.15) is 50.6 Å². The summed E-state index contributed by atoms with van der Waals surface area (Å²) in [6, 6.07) is 4.39. The first kappa shape index (κ1) is 16.4. The smallest absolute Gasteiger partial charge is 0.179 e. The maximum absolute atomic E-state index is 6.33. The number of nitrogens with one attached hydrogen (secondary N) is 1. The topological polar surface area (TPSA) is 30.5 Å². The highest BCUT2D eigenvalue weighted by molar-refractivity contribution is 6.32. The Labute approximate surface area is 133 Å². The van der Waals surface area contributed by atoms with E-state index >= 15 is 0 Å². The first-order valence-corrected chi connectivity index (χ1v) is 8.22. The standard InChI is InChI=1S/C17H26ClNO2/c1-4-9-19-15(8-7-12-5-6-12)13-10-14(18)17(21-3)16(11-13)20-2/h10-12,15,19H,4-9H2,1-3H3. The zero-order chi connectivity index (χ0) is 15.2. The van der Waals surface area contributed by atoms with E-state index in [9.17, 15) is 0 Å². The number of methoxy groups -OCH3 is 2. The Morgan fingerprint density at radius 1 is 1.29 bits per heavy atom. The molecule has 1 N–H and O–H groups in total. The molecule has 1 atom stereocenters. The van der Waals surface area contributed by atoms with Crippen LogP contribution in [0.3, 0.4) is 0 Å². The molecule has 1 unspecified atom stereocenters. The highest BCUT2D eigenvalue weighted by Crippen LogP contribution is 2.40.